The number of pyridine rings is 1. The standard InChI is InChI=1S/C16H26N2S/c1-2-11-17-15(14-8-4-3-5-9-14)13-19-16-10-6-7-12-18-16/h6-7,10,12,14-15,17H,2-5,8-9,11,13H2,1H3. The number of thioether (sulfide) groups is 1. The van der Waals surface area contributed by atoms with Gasteiger partial charge in [-0.05, 0) is 43.9 Å². The van der Waals surface area contributed by atoms with E-state index in [4.69, 9.17) is 0 Å². The van der Waals surface area contributed by atoms with Gasteiger partial charge in [-0.3, -0.25) is 0 Å². The molecule has 0 bridgehead atoms. The highest BCUT2D eigenvalue weighted by molar-refractivity contribution is 7.99. The van der Waals surface area contributed by atoms with Crippen molar-refractivity contribution >= 4 is 11.8 Å². The molecule has 1 N–H and O–H groups in total. The van der Waals surface area contributed by atoms with Crippen molar-refractivity contribution in [3.63, 3.8) is 0 Å². The molecule has 0 aliphatic heterocycles. The minimum atomic E-state index is 0.659. The minimum Gasteiger partial charge on any atom is -0.313 e. The van der Waals surface area contributed by atoms with Crippen LogP contribution in [0.4, 0.5) is 0 Å². The van der Waals surface area contributed by atoms with Crippen LogP contribution in [-0.2, 0) is 0 Å². The topological polar surface area (TPSA) is 24.9 Å². The first-order valence-corrected chi connectivity index (χ1v) is 8.66. The lowest BCUT2D eigenvalue weighted by atomic mass is 9.84. The zero-order chi connectivity index (χ0) is 13.3. The summed E-state index contributed by atoms with van der Waals surface area (Å²) >= 11 is 1.90. The van der Waals surface area contributed by atoms with Crippen molar-refractivity contribution in [3.8, 4) is 0 Å². The molecule has 1 atom stereocenters. The van der Waals surface area contributed by atoms with Crippen LogP contribution in [-0.4, -0.2) is 23.3 Å². The molecule has 1 saturated carbocycles. The van der Waals surface area contributed by atoms with E-state index in [9.17, 15) is 0 Å². The average Bonchev–Trinajstić information content (AvgIpc) is 2.49. The fourth-order valence-electron chi connectivity index (χ4n) is 2.84. The van der Waals surface area contributed by atoms with Gasteiger partial charge in [0.2, 0.25) is 0 Å². The van der Waals surface area contributed by atoms with Crippen molar-refractivity contribution in [1.82, 2.24) is 10.3 Å². The molecule has 1 aliphatic rings. The lowest BCUT2D eigenvalue weighted by Crippen LogP contribution is -2.39. The summed E-state index contributed by atoms with van der Waals surface area (Å²) in [5, 5.41) is 4.92. The molecule has 0 radical (unpaired) electrons. The normalized spacial score (nSPS) is 18.4. The zero-order valence-corrected chi connectivity index (χ0v) is 12.8. The summed E-state index contributed by atoms with van der Waals surface area (Å²) in [5.41, 5.74) is 0. The molecule has 1 aromatic heterocycles. The Kier molecular flexibility index (Phi) is 6.72. The fourth-order valence-corrected chi connectivity index (χ4v) is 3.89. The van der Waals surface area contributed by atoms with Gasteiger partial charge in [-0.15, -0.1) is 11.8 Å². The first-order valence-electron chi connectivity index (χ1n) is 7.67. The molecule has 0 amide bonds. The van der Waals surface area contributed by atoms with Crippen LogP contribution in [0.15, 0.2) is 29.4 Å². The van der Waals surface area contributed by atoms with Crippen LogP contribution in [0.2, 0.25) is 0 Å². The van der Waals surface area contributed by atoms with Crippen molar-refractivity contribution < 1.29 is 0 Å². The van der Waals surface area contributed by atoms with Gasteiger partial charge in [0.1, 0.15) is 0 Å². The van der Waals surface area contributed by atoms with Crippen LogP contribution < -0.4 is 5.32 Å². The summed E-state index contributed by atoms with van der Waals surface area (Å²) in [4.78, 5) is 4.41. The van der Waals surface area contributed by atoms with Gasteiger partial charge in [0.05, 0.1) is 5.03 Å². The van der Waals surface area contributed by atoms with Crippen LogP contribution in [0.3, 0.4) is 0 Å². The number of hydrogen-bond donors (Lipinski definition) is 1. The third-order valence-electron chi connectivity index (χ3n) is 3.92. The molecule has 0 saturated heterocycles. The number of aromatic nitrogens is 1. The number of nitrogens with one attached hydrogen (secondary N) is 1. The van der Waals surface area contributed by atoms with Gasteiger partial charge in [0.25, 0.3) is 0 Å². The largest absolute Gasteiger partial charge is 0.313 e. The predicted octanol–water partition coefficient (Wildman–Crippen LogP) is 4.12. The third-order valence-corrected chi connectivity index (χ3v) is 4.99. The molecule has 1 heterocycles. The molecular weight excluding hydrogens is 252 g/mol. The molecule has 3 heteroatoms. The second kappa shape index (κ2) is 8.60. The van der Waals surface area contributed by atoms with Crippen molar-refractivity contribution in [2.45, 2.75) is 56.5 Å². The summed E-state index contributed by atoms with van der Waals surface area (Å²) < 4.78 is 0. The second-order valence-electron chi connectivity index (χ2n) is 5.44. The molecule has 1 fully saturated rings. The first-order chi connectivity index (χ1) is 9.40. The Morgan fingerprint density at radius 3 is 2.84 bits per heavy atom. The van der Waals surface area contributed by atoms with Gasteiger partial charge < -0.3 is 5.32 Å². The maximum Gasteiger partial charge on any atom is 0.0960 e. The monoisotopic (exact) mass is 278 g/mol. The molecule has 19 heavy (non-hydrogen) atoms. The van der Waals surface area contributed by atoms with E-state index in [0.29, 0.717) is 6.04 Å². The Morgan fingerprint density at radius 1 is 1.32 bits per heavy atom. The highest BCUT2D eigenvalue weighted by Gasteiger charge is 2.23. The van der Waals surface area contributed by atoms with Gasteiger partial charge in [0.15, 0.2) is 0 Å². The number of hydrogen-bond acceptors (Lipinski definition) is 3. The molecule has 0 spiro atoms. The Bertz CT molecular complexity index is 336. The van der Waals surface area contributed by atoms with Crippen LogP contribution in [0.5, 0.6) is 0 Å². The van der Waals surface area contributed by atoms with Gasteiger partial charge in [-0.25, -0.2) is 4.98 Å². The van der Waals surface area contributed by atoms with Crippen LogP contribution in [0.25, 0.3) is 0 Å². The van der Waals surface area contributed by atoms with Gasteiger partial charge in [-0.1, -0.05) is 32.3 Å². The van der Waals surface area contributed by atoms with E-state index >= 15 is 0 Å². The van der Waals surface area contributed by atoms with Crippen LogP contribution in [0.1, 0.15) is 45.4 Å². The maximum absolute atomic E-state index is 4.41. The lowest BCUT2D eigenvalue weighted by molar-refractivity contribution is 0.285. The summed E-state index contributed by atoms with van der Waals surface area (Å²) in [5.74, 6) is 2.03. The summed E-state index contributed by atoms with van der Waals surface area (Å²) in [6.07, 6.45) is 10.2. The number of rotatable bonds is 7. The highest BCUT2D eigenvalue weighted by Crippen LogP contribution is 2.29. The van der Waals surface area contributed by atoms with Gasteiger partial charge >= 0.3 is 0 Å². The first kappa shape index (κ1) is 14.9. The van der Waals surface area contributed by atoms with Crippen LogP contribution >= 0.6 is 11.8 Å². The van der Waals surface area contributed by atoms with E-state index in [-0.39, 0.29) is 0 Å². The lowest BCUT2D eigenvalue weighted by Gasteiger charge is -2.30. The minimum absolute atomic E-state index is 0.659. The van der Waals surface area contributed by atoms with E-state index in [1.807, 2.05) is 24.0 Å². The Balaban J connectivity index is 1.85. The van der Waals surface area contributed by atoms with Crippen molar-refractivity contribution in [1.29, 1.82) is 0 Å². The molecule has 2 nitrogen and oxygen atoms in total. The summed E-state index contributed by atoms with van der Waals surface area (Å²) in [7, 11) is 0. The number of nitrogens with zero attached hydrogens (tertiary/aromatic N) is 1. The van der Waals surface area contributed by atoms with E-state index in [0.717, 1.165) is 23.2 Å². The van der Waals surface area contributed by atoms with Crippen molar-refractivity contribution in [2.75, 3.05) is 12.3 Å². The van der Waals surface area contributed by atoms with Crippen LogP contribution in [0, 0.1) is 5.92 Å². The van der Waals surface area contributed by atoms with E-state index in [1.54, 1.807) is 0 Å². The second-order valence-corrected chi connectivity index (χ2v) is 6.48. The van der Waals surface area contributed by atoms with E-state index in [2.05, 4.69) is 29.4 Å². The molecule has 1 aromatic rings. The molecular formula is C16H26N2S. The Hall–Kier alpha value is -0.540. The molecule has 106 valence electrons. The highest BCUT2D eigenvalue weighted by atomic mass is 32.2. The van der Waals surface area contributed by atoms with Crippen molar-refractivity contribution in [2.24, 2.45) is 5.92 Å². The van der Waals surface area contributed by atoms with E-state index < -0.39 is 0 Å². The summed E-state index contributed by atoms with van der Waals surface area (Å²) in [6.45, 7) is 3.39. The molecule has 1 unspecified atom stereocenters. The zero-order valence-electron chi connectivity index (χ0n) is 12.0. The average molecular weight is 278 g/mol. The predicted molar refractivity (Wildman–Crippen MR) is 83.6 cm³/mol. The fraction of sp³-hybridized carbons (Fsp3) is 0.688. The maximum atomic E-state index is 4.41. The smallest absolute Gasteiger partial charge is 0.0960 e. The van der Waals surface area contributed by atoms with Crippen molar-refractivity contribution in [3.05, 3.63) is 24.4 Å². The quantitative estimate of drug-likeness (QED) is 0.759. The summed E-state index contributed by atoms with van der Waals surface area (Å²) in [6, 6.07) is 6.83. The SMILES string of the molecule is CCCNC(CSc1ccccn1)C1CCCCC1. The Morgan fingerprint density at radius 2 is 2.16 bits per heavy atom. The molecule has 2 rings (SSSR count). The van der Waals surface area contributed by atoms with Gasteiger partial charge in [0, 0.05) is 18.0 Å². The van der Waals surface area contributed by atoms with E-state index in [1.165, 1.54) is 38.5 Å². The Labute approximate surface area is 121 Å². The molecule has 0 aromatic carbocycles. The molecule has 1 aliphatic carbocycles. The third kappa shape index (κ3) is 5.15. The van der Waals surface area contributed by atoms with Gasteiger partial charge in [-0.2, -0.15) is 0 Å².